The lowest BCUT2D eigenvalue weighted by Crippen LogP contribution is -2.09. The van der Waals surface area contributed by atoms with E-state index in [1.165, 1.54) is 5.56 Å². The maximum atomic E-state index is 11.1. The maximum absolute atomic E-state index is 11.1. The number of aromatic carboxylic acids is 1. The molecule has 1 aromatic heterocycles. The summed E-state index contributed by atoms with van der Waals surface area (Å²) in [4.78, 5) is 19.9. The van der Waals surface area contributed by atoms with Crippen molar-refractivity contribution in [2.75, 3.05) is 17.2 Å². The Kier molecular flexibility index (Phi) is 5.43. The zero-order chi connectivity index (χ0) is 18.4. The first-order valence-electron chi connectivity index (χ1n) is 8.34. The molecule has 0 spiro atoms. The van der Waals surface area contributed by atoms with Gasteiger partial charge in [-0.15, -0.1) is 0 Å². The summed E-state index contributed by atoms with van der Waals surface area (Å²) in [7, 11) is 0. The normalized spacial score (nSPS) is 10.3. The molecular weight excluding hydrogens is 328 g/mol. The minimum Gasteiger partial charge on any atom is -0.478 e. The summed E-state index contributed by atoms with van der Waals surface area (Å²) in [5.74, 6) is 0.191. The number of aryl methyl sites for hydroxylation is 1. The van der Waals surface area contributed by atoms with Crippen LogP contribution in [0.1, 0.15) is 21.6 Å². The molecule has 6 nitrogen and oxygen atoms in total. The fraction of sp³-hybridized carbons (Fsp3) is 0.150. The van der Waals surface area contributed by atoms with Crippen molar-refractivity contribution in [3.05, 3.63) is 77.5 Å². The van der Waals surface area contributed by atoms with Crippen molar-refractivity contribution in [2.24, 2.45) is 0 Å². The van der Waals surface area contributed by atoms with Crippen LogP contribution in [0.4, 0.5) is 17.5 Å². The van der Waals surface area contributed by atoms with Crippen molar-refractivity contribution < 1.29 is 9.90 Å². The quantitative estimate of drug-likeness (QED) is 0.601. The highest BCUT2D eigenvalue weighted by atomic mass is 16.4. The fourth-order valence-electron chi connectivity index (χ4n) is 2.55. The number of nitrogens with zero attached hydrogens (tertiary/aromatic N) is 2. The minimum absolute atomic E-state index is 0.224. The van der Waals surface area contributed by atoms with E-state index in [4.69, 9.17) is 5.11 Å². The number of anilines is 3. The SMILES string of the molecule is Cc1cc(Nc2cccc(C(=O)O)c2)nc(NCCc2ccccc2)n1. The predicted molar refractivity (Wildman–Crippen MR) is 102 cm³/mol. The van der Waals surface area contributed by atoms with E-state index < -0.39 is 5.97 Å². The average Bonchev–Trinajstić information content (AvgIpc) is 2.62. The third-order valence-electron chi connectivity index (χ3n) is 3.78. The van der Waals surface area contributed by atoms with Crippen LogP contribution in [0.3, 0.4) is 0 Å². The molecule has 0 amide bonds. The highest BCUT2D eigenvalue weighted by Crippen LogP contribution is 2.18. The van der Waals surface area contributed by atoms with Crippen molar-refractivity contribution in [2.45, 2.75) is 13.3 Å². The minimum atomic E-state index is -0.962. The van der Waals surface area contributed by atoms with Gasteiger partial charge in [-0.25, -0.2) is 9.78 Å². The van der Waals surface area contributed by atoms with Gasteiger partial charge in [0.1, 0.15) is 5.82 Å². The first-order valence-corrected chi connectivity index (χ1v) is 8.34. The number of nitrogens with one attached hydrogen (secondary N) is 2. The number of carboxylic acids is 1. The molecule has 132 valence electrons. The lowest BCUT2D eigenvalue weighted by molar-refractivity contribution is 0.0697. The predicted octanol–water partition coefficient (Wildman–Crippen LogP) is 3.88. The molecule has 0 aliphatic carbocycles. The number of aromatic nitrogens is 2. The van der Waals surface area contributed by atoms with Crippen LogP contribution in [0, 0.1) is 6.92 Å². The molecule has 1 heterocycles. The molecule has 3 aromatic rings. The Bertz CT molecular complexity index is 897. The van der Waals surface area contributed by atoms with E-state index in [0.29, 0.717) is 17.5 Å². The van der Waals surface area contributed by atoms with Crippen molar-refractivity contribution in [3.63, 3.8) is 0 Å². The fourth-order valence-corrected chi connectivity index (χ4v) is 2.55. The van der Waals surface area contributed by atoms with Crippen molar-refractivity contribution in [3.8, 4) is 0 Å². The molecule has 0 fully saturated rings. The van der Waals surface area contributed by atoms with E-state index in [1.807, 2.05) is 31.2 Å². The molecule has 6 heteroatoms. The lowest BCUT2D eigenvalue weighted by atomic mass is 10.1. The highest BCUT2D eigenvalue weighted by molar-refractivity contribution is 5.89. The average molecular weight is 348 g/mol. The molecular formula is C20H20N4O2. The molecule has 0 saturated heterocycles. The molecule has 3 N–H and O–H groups in total. The third-order valence-corrected chi connectivity index (χ3v) is 3.78. The van der Waals surface area contributed by atoms with Gasteiger partial charge in [0.05, 0.1) is 5.56 Å². The van der Waals surface area contributed by atoms with Crippen LogP contribution in [0.15, 0.2) is 60.7 Å². The molecule has 0 aliphatic heterocycles. The smallest absolute Gasteiger partial charge is 0.335 e. The van der Waals surface area contributed by atoms with Crippen LogP contribution in [0.2, 0.25) is 0 Å². The van der Waals surface area contributed by atoms with E-state index in [0.717, 1.165) is 18.7 Å². The van der Waals surface area contributed by atoms with Gasteiger partial charge in [0.15, 0.2) is 0 Å². The summed E-state index contributed by atoms with van der Waals surface area (Å²) < 4.78 is 0. The van der Waals surface area contributed by atoms with Crippen LogP contribution in [-0.4, -0.2) is 27.6 Å². The number of carbonyl (C=O) groups is 1. The zero-order valence-electron chi connectivity index (χ0n) is 14.4. The first kappa shape index (κ1) is 17.4. The van der Waals surface area contributed by atoms with Gasteiger partial charge < -0.3 is 15.7 Å². The highest BCUT2D eigenvalue weighted by Gasteiger charge is 2.06. The van der Waals surface area contributed by atoms with E-state index in [2.05, 4.69) is 32.7 Å². The molecule has 0 saturated carbocycles. The standard InChI is InChI=1S/C20H20N4O2/c1-14-12-18(23-17-9-5-8-16(13-17)19(25)26)24-20(22-14)21-11-10-15-6-3-2-4-7-15/h2-9,12-13H,10-11H2,1H3,(H,25,26)(H2,21,22,23,24). The number of hydrogen-bond donors (Lipinski definition) is 3. The molecule has 0 aliphatic rings. The lowest BCUT2D eigenvalue weighted by Gasteiger charge is -2.10. The second-order valence-electron chi connectivity index (χ2n) is 5.89. The summed E-state index contributed by atoms with van der Waals surface area (Å²) in [6, 6.07) is 18.6. The van der Waals surface area contributed by atoms with Gasteiger partial charge in [-0.2, -0.15) is 4.98 Å². The van der Waals surface area contributed by atoms with Gasteiger partial charge in [0, 0.05) is 24.0 Å². The summed E-state index contributed by atoms with van der Waals surface area (Å²) in [6.07, 6.45) is 0.877. The van der Waals surface area contributed by atoms with Crippen LogP contribution < -0.4 is 10.6 Å². The van der Waals surface area contributed by atoms with E-state index in [-0.39, 0.29) is 5.56 Å². The van der Waals surface area contributed by atoms with Gasteiger partial charge in [-0.05, 0) is 37.1 Å². The molecule has 2 aromatic carbocycles. The Balaban J connectivity index is 1.67. The molecule has 0 atom stereocenters. The Hall–Kier alpha value is -3.41. The largest absolute Gasteiger partial charge is 0.478 e. The van der Waals surface area contributed by atoms with Gasteiger partial charge in [-0.1, -0.05) is 36.4 Å². The second kappa shape index (κ2) is 8.11. The monoisotopic (exact) mass is 348 g/mol. The Morgan fingerprint density at radius 2 is 1.85 bits per heavy atom. The summed E-state index contributed by atoms with van der Waals surface area (Å²) in [5.41, 5.74) is 2.95. The molecule has 26 heavy (non-hydrogen) atoms. The number of benzene rings is 2. The van der Waals surface area contributed by atoms with Gasteiger partial charge in [0.2, 0.25) is 5.95 Å². The summed E-state index contributed by atoms with van der Waals surface area (Å²) in [6.45, 7) is 2.62. The van der Waals surface area contributed by atoms with Gasteiger partial charge >= 0.3 is 5.97 Å². The Morgan fingerprint density at radius 1 is 1.04 bits per heavy atom. The number of hydrogen-bond acceptors (Lipinski definition) is 5. The Labute approximate surface area is 152 Å². The van der Waals surface area contributed by atoms with E-state index in [1.54, 1.807) is 24.3 Å². The van der Waals surface area contributed by atoms with E-state index in [9.17, 15) is 4.79 Å². The van der Waals surface area contributed by atoms with Gasteiger partial charge in [0.25, 0.3) is 0 Å². The topological polar surface area (TPSA) is 87.1 Å². The summed E-state index contributed by atoms with van der Waals surface area (Å²) in [5, 5.41) is 15.5. The van der Waals surface area contributed by atoms with Gasteiger partial charge in [-0.3, -0.25) is 0 Å². The Morgan fingerprint density at radius 3 is 2.62 bits per heavy atom. The van der Waals surface area contributed by atoms with Crippen molar-refractivity contribution >= 4 is 23.4 Å². The molecule has 0 unspecified atom stereocenters. The van der Waals surface area contributed by atoms with Crippen LogP contribution >= 0.6 is 0 Å². The summed E-state index contributed by atoms with van der Waals surface area (Å²) >= 11 is 0. The first-order chi connectivity index (χ1) is 12.6. The maximum Gasteiger partial charge on any atom is 0.335 e. The van der Waals surface area contributed by atoms with Crippen LogP contribution in [0.5, 0.6) is 0 Å². The van der Waals surface area contributed by atoms with Crippen LogP contribution in [0.25, 0.3) is 0 Å². The molecule has 3 rings (SSSR count). The zero-order valence-corrected chi connectivity index (χ0v) is 14.4. The third kappa shape index (κ3) is 4.80. The molecule has 0 radical (unpaired) electrons. The second-order valence-corrected chi connectivity index (χ2v) is 5.89. The number of rotatable bonds is 7. The molecule has 0 bridgehead atoms. The van der Waals surface area contributed by atoms with Crippen LogP contribution in [-0.2, 0) is 6.42 Å². The van der Waals surface area contributed by atoms with E-state index >= 15 is 0 Å². The number of carboxylic acid groups (broad SMARTS) is 1. The van der Waals surface area contributed by atoms with Crippen molar-refractivity contribution in [1.29, 1.82) is 0 Å². The van der Waals surface area contributed by atoms with Crippen molar-refractivity contribution in [1.82, 2.24) is 9.97 Å².